The number of rotatable bonds is 3. The van der Waals surface area contributed by atoms with Gasteiger partial charge in [-0.25, -0.2) is 9.66 Å². The highest BCUT2D eigenvalue weighted by Gasteiger charge is 2.39. The summed E-state index contributed by atoms with van der Waals surface area (Å²) in [6.45, 7) is 4.22. The standard InChI is InChI=1S/C20H28N6/c1-13-3-8-17(14(2)11-13)24-18-12-20(22,15-4-6-16(21)7-5-15)25-26-10-9-23-19(18)26/h3,8-12,15-16,24-25H,4-7,21-22H2,1-2H3. The lowest BCUT2D eigenvalue weighted by molar-refractivity contribution is 0.239. The molecule has 1 aliphatic carbocycles. The second-order valence-corrected chi connectivity index (χ2v) is 7.78. The van der Waals surface area contributed by atoms with E-state index in [1.165, 1.54) is 11.1 Å². The molecular formula is C20H28N6. The summed E-state index contributed by atoms with van der Waals surface area (Å²) in [5.74, 6) is 1.19. The minimum atomic E-state index is -0.616. The fraction of sp³-hybridized carbons (Fsp3) is 0.450. The number of hydrogen-bond donors (Lipinski definition) is 4. The number of fused-ring (bicyclic) bond motifs is 1. The second kappa shape index (κ2) is 6.45. The maximum absolute atomic E-state index is 6.84. The number of aromatic nitrogens is 2. The minimum absolute atomic E-state index is 0.305. The van der Waals surface area contributed by atoms with E-state index in [1.54, 1.807) is 6.20 Å². The maximum Gasteiger partial charge on any atom is 0.174 e. The van der Waals surface area contributed by atoms with Crippen molar-refractivity contribution in [3.8, 4) is 0 Å². The molecule has 6 N–H and O–H groups in total. The summed E-state index contributed by atoms with van der Waals surface area (Å²) < 4.78 is 1.93. The normalized spacial score (nSPS) is 28.1. The molecule has 2 aromatic rings. The van der Waals surface area contributed by atoms with Gasteiger partial charge in [-0.05, 0) is 57.2 Å². The number of nitrogens with zero attached hydrogens (tertiary/aromatic N) is 2. The van der Waals surface area contributed by atoms with E-state index in [9.17, 15) is 0 Å². The number of anilines is 1. The van der Waals surface area contributed by atoms with Crippen molar-refractivity contribution in [2.24, 2.45) is 17.4 Å². The minimum Gasteiger partial charge on any atom is -0.352 e. The summed E-state index contributed by atoms with van der Waals surface area (Å²) in [4.78, 5) is 4.50. The van der Waals surface area contributed by atoms with Gasteiger partial charge in [-0.2, -0.15) is 0 Å². The van der Waals surface area contributed by atoms with Gasteiger partial charge in [0.25, 0.3) is 0 Å². The average molecular weight is 352 g/mol. The third kappa shape index (κ3) is 3.10. The third-order valence-corrected chi connectivity index (χ3v) is 5.68. The van der Waals surface area contributed by atoms with Gasteiger partial charge >= 0.3 is 0 Å². The SMILES string of the molecule is Cc1ccc(NC2=CC(N)(C3CCC(N)CC3)Nn3ccnc32)c(C)c1. The molecule has 1 saturated carbocycles. The summed E-state index contributed by atoms with van der Waals surface area (Å²) in [5, 5.41) is 3.55. The van der Waals surface area contributed by atoms with Gasteiger partial charge in [-0.3, -0.25) is 0 Å². The van der Waals surface area contributed by atoms with Crippen molar-refractivity contribution in [1.29, 1.82) is 0 Å². The Morgan fingerprint density at radius 3 is 2.73 bits per heavy atom. The fourth-order valence-electron chi connectivity index (χ4n) is 4.13. The first-order valence-corrected chi connectivity index (χ1v) is 9.38. The molecule has 2 aliphatic rings. The molecule has 6 heteroatoms. The molecule has 1 aromatic carbocycles. The van der Waals surface area contributed by atoms with Crippen LogP contribution in [0.5, 0.6) is 0 Å². The zero-order valence-electron chi connectivity index (χ0n) is 15.5. The van der Waals surface area contributed by atoms with E-state index in [1.807, 2.05) is 10.9 Å². The summed E-state index contributed by atoms with van der Waals surface area (Å²) in [6, 6.07) is 6.70. The Hall–Kier alpha value is -2.31. The van der Waals surface area contributed by atoms with Crippen LogP contribution in [0.4, 0.5) is 5.69 Å². The van der Waals surface area contributed by atoms with Gasteiger partial charge in [0.2, 0.25) is 0 Å². The fourth-order valence-corrected chi connectivity index (χ4v) is 4.13. The van der Waals surface area contributed by atoms with E-state index in [0.29, 0.717) is 12.0 Å². The van der Waals surface area contributed by atoms with Crippen LogP contribution in [0.3, 0.4) is 0 Å². The van der Waals surface area contributed by atoms with Gasteiger partial charge in [0.1, 0.15) is 5.66 Å². The van der Waals surface area contributed by atoms with Crippen LogP contribution in [0.15, 0.2) is 36.7 Å². The maximum atomic E-state index is 6.84. The highest BCUT2D eigenvalue weighted by atomic mass is 15.5. The average Bonchev–Trinajstić information content (AvgIpc) is 3.06. The van der Waals surface area contributed by atoms with Gasteiger partial charge in [-0.1, -0.05) is 17.7 Å². The van der Waals surface area contributed by atoms with Crippen molar-refractivity contribution >= 4 is 11.4 Å². The molecule has 1 aromatic heterocycles. The smallest absolute Gasteiger partial charge is 0.174 e. The molecule has 1 aliphatic heterocycles. The summed E-state index contributed by atoms with van der Waals surface area (Å²) in [7, 11) is 0. The van der Waals surface area contributed by atoms with Crippen LogP contribution >= 0.6 is 0 Å². The lowest BCUT2D eigenvalue weighted by Gasteiger charge is -2.42. The molecule has 0 amide bonds. The molecule has 138 valence electrons. The van der Waals surface area contributed by atoms with Gasteiger partial charge in [0.15, 0.2) is 5.82 Å². The summed E-state index contributed by atoms with van der Waals surface area (Å²) in [5.41, 5.74) is 20.2. The van der Waals surface area contributed by atoms with E-state index >= 15 is 0 Å². The molecule has 0 saturated heterocycles. The number of hydrogen-bond acceptors (Lipinski definition) is 5. The highest BCUT2D eigenvalue weighted by molar-refractivity contribution is 5.77. The van der Waals surface area contributed by atoms with Crippen LogP contribution < -0.4 is 22.2 Å². The van der Waals surface area contributed by atoms with Crippen LogP contribution in [-0.4, -0.2) is 21.4 Å². The Balaban J connectivity index is 1.67. The first-order chi connectivity index (χ1) is 12.4. The van der Waals surface area contributed by atoms with E-state index < -0.39 is 5.66 Å². The van der Waals surface area contributed by atoms with Crippen LogP contribution in [0, 0.1) is 19.8 Å². The molecular weight excluding hydrogens is 324 g/mol. The molecule has 1 atom stereocenters. The van der Waals surface area contributed by atoms with Crippen molar-refractivity contribution in [2.75, 3.05) is 10.7 Å². The number of nitrogens with one attached hydrogen (secondary N) is 2. The lowest BCUT2D eigenvalue weighted by Crippen LogP contribution is -2.58. The zero-order chi connectivity index (χ0) is 18.3. The third-order valence-electron chi connectivity index (χ3n) is 5.68. The first kappa shape index (κ1) is 17.1. The van der Waals surface area contributed by atoms with Crippen LogP contribution in [0.1, 0.15) is 42.6 Å². The molecule has 4 rings (SSSR count). The monoisotopic (exact) mass is 352 g/mol. The van der Waals surface area contributed by atoms with E-state index in [4.69, 9.17) is 11.5 Å². The van der Waals surface area contributed by atoms with Gasteiger partial charge in [-0.15, -0.1) is 0 Å². The predicted molar refractivity (Wildman–Crippen MR) is 106 cm³/mol. The molecule has 0 radical (unpaired) electrons. The first-order valence-electron chi connectivity index (χ1n) is 9.38. The van der Waals surface area contributed by atoms with Gasteiger partial charge in [0.05, 0.1) is 5.70 Å². The van der Waals surface area contributed by atoms with E-state index in [2.05, 4.69) is 53.8 Å². The molecule has 6 nitrogen and oxygen atoms in total. The Labute approximate surface area is 154 Å². The molecule has 1 fully saturated rings. The van der Waals surface area contributed by atoms with Crippen molar-refractivity contribution in [3.05, 3.63) is 53.6 Å². The molecule has 1 unspecified atom stereocenters. The summed E-state index contributed by atoms with van der Waals surface area (Å²) >= 11 is 0. The van der Waals surface area contributed by atoms with Crippen molar-refractivity contribution in [3.63, 3.8) is 0 Å². The topological polar surface area (TPSA) is 93.9 Å². The van der Waals surface area contributed by atoms with Crippen LogP contribution in [0.2, 0.25) is 0 Å². The number of aryl methyl sites for hydroxylation is 2. The number of nitrogens with two attached hydrogens (primary N) is 2. The zero-order valence-corrected chi connectivity index (χ0v) is 15.5. The molecule has 2 heterocycles. The van der Waals surface area contributed by atoms with Crippen molar-refractivity contribution in [1.82, 2.24) is 9.66 Å². The molecule has 26 heavy (non-hydrogen) atoms. The summed E-state index contributed by atoms with van der Waals surface area (Å²) in [6.07, 6.45) is 9.93. The quantitative estimate of drug-likeness (QED) is 0.681. The molecule has 0 spiro atoms. The van der Waals surface area contributed by atoms with E-state index in [0.717, 1.165) is 42.9 Å². The Kier molecular flexibility index (Phi) is 4.25. The van der Waals surface area contributed by atoms with Crippen molar-refractivity contribution in [2.45, 2.75) is 51.2 Å². The second-order valence-electron chi connectivity index (χ2n) is 7.78. The Morgan fingerprint density at radius 2 is 2.00 bits per heavy atom. The van der Waals surface area contributed by atoms with Gasteiger partial charge < -0.3 is 22.2 Å². The number of benzene rings is 1. The molecule has 0 bridgehead atoms. The largest absolute Gasteiger partial charge is 0.352 e. The Bertz CT molecular complexity index is 831. The predicted octanol–water partition coefficient (Wildman–Crippen LogP) is 2.68. The Morgan fingerprint density at radius 1 is 1.23 bits per heavy atom. The van der Waals surface area contributed by atoms with E-state index in [-0.39, 0.29) is 0 Å². The van der Waals surface area contributed by atoms with Crippen molar-refractivity contribution < 1.29 is 0 Å². The van der Waals surface area contributed by atoms with Crippen LogP contribution in [-0.2, 0) is 0 Å². The number of imidazole rings is 1. The van der Waals surface area contributed by atoms with Gasteiger partial charge in [0, 0.05) is 30.0 Å². The van der Waals surface area contributed by atoms with Crippen LogP contribution in [0.25, 0.3) is 5.70 Å². The lowest BCUT2D eigenvalue weighted by atomic mass is 9.78. The highest BCUT2D eigenvalue weighted by Crippen LogP contribution is 2.35.